The third kappa shape index (κ3) is 2.80. The van der Waals surface area contributed by atoms with E-state index in [1.165, 1.54) is 11.1 Å². The summed E-state index contributed by atoms with van der Waals surface area (Å²) in [7, 11) is -2.93. The van der Waals surface area contributed by atoms with Gasteiger partial charge in [0.15, 0.2) is 0 Å². The van der Waals surface area contributed by atoms with Crippen LogP contribution < -0.4 is 10.4 Å². The van der Waals surface area contributed by atoms with Crippen molar-refractivity contribution in [3.63, 3.8) is 0 Å². The Morgan fingerprint density at radius 2 is 0.885 bits per heavy atom. The van der Waals surface area contributed by atoms with Gasteiger partial charge in [0.2, 0.25) is 0 Å². The summed E-state index contributed by atoms with van der Waals surface area (Å²) in [6, 6.07) is 18.4. The van der Waals surface area contributed by atoms with Gasteiger partial charge in [-0.2, -0.15) is 0 Å². The number of hydrogen-bond acceptors (Lipinski definition) is 0. The smallest absolute Gasteiger partial charge is 0.0656 e. The second-order valence-electron chi connectivity index (χ2n) is 9.87. The number of hydrogen-bond donors (Lipinski definition) is 0. The maximum atomic E-state index is 2.52. The molecule has 0 spiro atoms. The van der Waals surface area contributed by atoms with Gasteiger partial charge >= 0.3 is 0 Å². The first-order valence-electron chi connectivity index (χ1n) is 9.82. The summed E-state index contributed by atoms with van der Waals surface area (Å²) in [4.78, 5) is 0. The summed E-state index contributed by atoms with van der Waals surface area (Å²) in [5.41, 5.74) is 6.44. The molecule has 134 valence electrons. The lowest BCUT2D eigenvalue weighted by Crippen LogP contribution is -2.48. The maximum Gasteiger partial charge on any atom is 0.0788 e. The molecule has 4 rings (SSSR count). The average molecular weight is 375 g/mol. The van der Waals surface area contributed by atoms with Crippen LogP contribution in [0.5, 0.6) is 0 Å². The minimum Gasteiger partial charge on any atom is -0.0656 e. The van der Waals surface area contributed by atoms with Crippen LogP contribution in [0.25, 0.3) is 10.8 Å². The highest BCUT2D eigenvalue weighted by Crippen LogP contribution is 2.32. The first-order chi connectivity index (χ1) is 12.2. The third-order valence-electron chi connectivity index (χ3n) is 5.79. The van der Waals surface area contributed by atoms with Gasteiger partial charge in [0.1, 0.15) is 0 Å². The molecule has 0 amide bonds. The van der Waals surface area contributed by atoms with Crippen LogP contribution in [0.4, 0.5) is 0 Å². The van der Waals surface area contributed by atoms with Crippen molar-refractivity contribution in [2.75, 3.05) is 0 Å². The van der Waals surface area contributed by atoms with Crippen molar-refractivity contribution < 1.29 is 0 Å². The zero-order chi connectivity index (χ0) is 18.7. The van der Waals surface area contributed by atoms with Crippen LogP contribution in [0.3, 0.4) is 0 Å². The minimum absolute atomic E-state index is 1.12. The van der Waals surface area contributed by atoms with Gasteiger partial charge in [-0.05, 0) is 56.2 Å². The van der Waals surface area contributed by atoms with E-state index in [2.05, 4.69) is 87.8 Å². The van der Waals surface area contributed by atoms with Crippen LogP contribution >= 0.6 is 0 Å². The second-order valence-corrected chi connectivity index (χ2v) is 19.9. The molecule has 3 aromatic carbocycles. The van der Waals surface area contributed by atoms with Crippen LogP contribution in [0.2, 0.25) is 39.3 Å². The normalized spacial score (nSPS) is 14.2. The molecule has 0 N–H and O–H groups in total. The third-order valence-corrected chi connectivity index (χ3v) is 9.93. The Bertz CT molecular complexity index is 920. The molecule has 0 aromatic heterocycles. The van der Waals surface area contributed by atoms with E-state index < -0.39 is 16.1 Å². The predicted octanol–water partition coefficient (Wildman–Crippen LogP) is 5.43. The molecule has 0 bridgehead atoms. The molecular weight excluding hydrogens is 344 g/mol. The summed E-state index contributed by atoms with van der Waals surface area (Å²) < 4.78 is 0. The molecule has 0 saturated heterocycles. The van der Waals surface area contributed by atoms with Crippen molar-refractivity contribution >= 4 is 37.3 Å². The minimum atomic E-state index is -1.46. The quantitative estimate of drug-likeness (QED) is 0.411. The monoisotopic (exact) mass is 374 g/mol. The standard InChI is InChI=1S/C24H30Si2/c1-25(2,3)23-19-13-9-10-14-20(19)24(26(4,5)6)22-16-18-12-8-7-11-17(18)15-21(22)23/h7-14H,15-16H2,1-6H3. The Morgan fingerprint density at radius 3 is 1.23 bits per heavy atom. The van der Waals surface area contributed by atoms with E-state index in [0.29, 0.717) is 0 Å². The van der Waals surface area contributed by atoms with E-state index in [4.69, 9.17) is 0 Å². The lowest BCUT2D eigenvalue weighted by Gasteiger charge is -2.35. The Balaban J connectivity index is 2.17. The Kier molecular flexibility index (Phi) is 4.05. The van der Waals surface area contributed by atoms with Gasteiger partial charge < -0.3 is 0 Å². The molecule has 2 heteroatoms. The highest BCUT2D eigenvalue weighted by atomic mass is 28.3. The summed E-state index contributed by atoms with van der Waals surface area (Å²) in [5.74, 6) is 0. The largest absolute Gasteiger partial charge is 0.0788 e. The first-order valence-corrected chi connectivity index (χ1v) is 16.8. The molecule has 0 fully saturated rings. The highest BCUT2D eigenvalue weighted by molar-refractivity contribution is 6.93. The number of fused-ring (bicyclic) bond motifs is 3. The maximum absolute atomic E-state index is 2.52. The van der Waals surface area contributed by atoms with E-state index in [0.717, 1.165) is 12.8 Å². The van der Waals surface area contributed by atoms with Crippen molar-refractivity contribution in [2.45, 2.75) is 52.1 Å². The fraction of sp³-hybridized carbons (Fsp3) is 0.333. The average Bonchev–Trinajstić information content (AvgIpc) is 2.55. The second kappa shape index (κ2) is 5.93. The lowest BCUT2D eigenvalue weighted by atomic mass is 9.84. The van der Waals surface area contributed by atoms with Crippen LogP contribution in [-0.2, 0) is 12.8 Å². The lowest BCUT2D eigenvalue weighted by molar-refractivity contribution is 1.02. The molecule has 0 radical (unpaired) electrons. The molecule has 0 saturated carbocycles. The fourth-order valence-corrected chi connectivity index (χ4v) is 9.27. The van der Waals surface area contributed by atoms with Gasteiger partial charge in [-0.1, -0.05) is 87.8 Å². The van der Waals surface area contributed by atoms with Crippen molar-refractivity contribution in [2.24, 2.45) is 0 Å². The van der Waals surface area contributed by atoms with Gasteiger partial charge in [0.05, 0.1) is 16.1 Å². The summed E-state index contributed by atoms with van der Waals surface area (Å²) in [5, 5.41) is 6.50. The SMILES string of the molecule is C[Si](C)(C)c1c2c(c([Si](C)(C)C)c3ccccc13)Cc1ccccc1C2. The van der Waals surface area contributed by atoms with E-state index in [-0.39, 0.29) is 0 Å². The van der Waals surface area contributed by atoms with Gasteiger partial charge in [-0.3, -0.25) is 0 Å². The van der Waals surface area contributed by atoms with E-state index in [9.17, 15) is 0 Å². The molecule has 0 atom stereocenters. The molecule has 26 heavy (non-hydrogen) atoms. The van der Waals surface area contributed by atoms with Crippen LogP contribution in [0.15, 0.2) is 48.5 Å². The van der Waals surface area contributed by atoms with Gasteiger partial charge in [-0.15, -0.1) is 0 Å². The first kappa shape index (κ1) is 17.8. The molecule has 3 aromatic rings. The molecule has 1 aliphatic rings. The molecule has 1 aliphatic carbocycles. The van der Waals surface area contributed by atoms with Crippen molar-refractivity contribution in [3.8, 4) is 0 Å². The highest BCUT2D eigenvalue weighted by Gasteiger charge is 2.33. The fourth-order valence-electron chi connectivity index (χ4n) is 4.93. The predicted molar refractivity (Wildman–Crippen MR) is 122 cm³/mol. The Morgan fingerprint density at radius 1 is 0.538 bits per heavy atom. The van der Waals surface area contributed by atoms with E-state index in [1.807, 2.05) is 0 Å². The number of benzene rings is 3. The van der Waals surface area contributed by atoms with Gasteiger partial charge in [-0.25, -0.2) is 0 Å². The van der Waals surface area contributed by atoms with Gasteiger partial charge in [0, 0.05) is 0 Å². The van der Waals surface area contributed by atoms with Crippen LogP contribution in [0.1, 0.15) is 22.3 Å². The van der Waals surface area contributed by atoms with E-state index >= 15 is 0 Å². The molecule has 0 nitrogen and oxygen atoms in total. The molecule has 0 aliphatic heterocycles. The molecular formula is C24H30Si2. The zero-order valence-corrected chi connectivity index (χ0v) is 19.0. The van der Waals surface area contributed by atoms with Crippen molar-refractivity contribution in [1.29, 1.82) is 0 Å². The molecule has 0 unspecified atom stereocenters. The Hall–Kier alpha value is -1.65. The Labute approximate surface area is 160 Å². The van der Waals surface area contributed by atoms with Crippen LogP contribution in [0, 0.1) is 0 Å². The van der Waals surface area contributed by atoms with Crippen molar-refractivity contribution in [1.82, 2.24) is 0 Å². The summed E-state index contributed by atoms with van der Waals surface area (Å²) in [6.07, 6.45) is 2.24. The summed E-state index contributed by atoms with van der Waals surface area (Å²) in [6.45, 7) is 15.1. The molecule has 0 heterocycles. The van der Waals surface area contributed by atoms with Crippen molar-refractivity contribution in [3.05, 3.63) is 70.8 Å². The summed E-state index contributed by atoms with van der Waals surface area (Å²) >= 11 is 0. The topological polar surface area (TPSA) is 0 Å². The van der Waals surface area contributed by atoms with Crippen LogP contribution in [-0.4, -0.2) is 16.1 Å². The number of rotatable bonds is 2. The zero-order valence-electron chi connectivity index (χ0n) is 17.0. The van der Waals surface area contributed by atoms with Gasteiger partial charge in [0.25, 0.3) is 0 Å². The van der Waals surface area contributed by atoms with E-state index in [1.54, 1.807) is 32.3 Å².